The summed E-state index contributed by atoms with van der Waals surface area (Å²) >= 11 is 1.62. The molecule has 0 aliphatic carbocycles. The van der Waals surface area contributed by atoms with Crippen LogP contribution < -0.4 is 0 Å². The van der Waals surface area contributed by atoms with Gasteiger partial charge in [0.15, 0.2) is 6.10 Å². The minimum atomic E-state index is -1.40. The number of aliphatic hydroxyl groups is 1. The van der Waals surface area contributed by atoms with E-state index < -0.39 is 17.5 Å². The molecule has 2 N–H and O–H groups in total. The van der Waals surface area contributed by atoms with Crippen LogP contribution in [-0.2, 0) is 10.2 Å². The molecule has 0 saturated heterocycles. The number of carboxylic acids is 1. The molecule has 1 aromatic rings. The second-order valence-electron chi connectivity index (χ2n) is 4.19. The van der Waals surface area contributed by atoms with Gasteiger partial charge < -0.3 is 10.2 Å². The first-order valence-electron chi connectivity index (χ1n) is 4.95. The number of hydrogen-bond acceptors (Lipinski definition) is 3. The molecule has 0 aromatic heterocycles. The van der Waals surface area contributed by atoms with Crippen LogP contribution in [-0.4, -0.2) is 28.5 Å². The lowest BCUT2D eigenvalue weighted by Gasteiger charge is -2.28. The van der Waals surface area contributed by atoms with Crippen LogP contribution in [0.3, 0.4) is 0 Å². The molecule has 0 amide bonds. The molecule has 0 aliphatic heterocycles. The van der Waals surface area contributed by atoms with Crippen LogP contribution in [0.4, 0.5) is 0 Å². The van der Waals surface area contributed by atoms with Crippen molar-refractivity contribution in [2.24, 2.45) is 0 Å². The summed E-state index contributed by atoms with van der Waals surface area (Å²) in [5.41, 5.74) is 0.0307. The summed E-state index contributed by atoms with van der Waals surface area (Å²) in [6, 6.07) is 7.57. The van der Waals surface area contributed by atoms with Gasteiger partial charge in [0, 0.05) is 10.3 Å². The molecule has 88 valence electrons. The Labute approximate surface area is 99.5 Å². The quantitative estimate of drug-likeness (QED) is 0.792. The lowest BCUT2D eigenvalue weighted by molar-refractivity contribution is -0.150. The number of carboxylic acid groups (broad SMARTS) is 1. The minimum Gasteiger partial charge on any atom is -0.479 e. The van der Waals surface area contributed by atoms with Crippen molar-refractivity contribution in [3.63, 3.8) is 0 Å². The van der Waals surface area contributed by atoms with Gasteiger partial charge in [-0.3, -0.25) is 0 Å². The van der Waals surface area contributed by atoms with E-state index in [4.69, 9.17) is 5.11 Å². The first kappa shape index (κ1) is 13.1. The van der Waals surface area contributed by atoms with Crippen LogP contribution in [0.15, 0.2) is 29.2 Å². The second kappa shape index (κ2) is 4.89. The van der Waals surface area contributed by atoms with Crippen molar-refractivity contribution in [2.45, 2.75) is 30.3 Å². The fraction of sp³-hybridized carbons (Fsp3) is 0.417. The van der Waals surface area contributed by atoms with Crippen molar-refractivity contribution in [3.05, 3.63) is 29.8 Å². The summed E-state index contributed by atoms with van der Waals surface area (Å²) in [5.74, 6) is -1.20. The van der Waals surface area contributed by atoms with Crippen molar-refractivity contribution >= 4 is 17.7 Å². The van der Waals surface area contributed by atoms with E-state index in [0.29, 0.717) is 0 Å². The monoisotopic (exact) mass is 240 g/mol. The first-order chi connectivity index (χ1) is 7.39. The van der Waals surface area contributed by atoms with Crippen LogP contribution >= 0.6 is 11.8 Å². The number of benzene rings is 1. The predicted octanol–water partition coefficient (Wildman–Crippen LogP) is 2.13. The Kier molecular flexibility index (Phi) is 3.99. The van der Waals surface area contributed by atoms with E-state index in [-0.39, 0.29) is 0 Å². The Morgan fingerprint density at radius 2 is 1.81 bits per heavy atom. The summed E-state index contributed by atoms with van der Waals surface area (Å²) in [7, 11) is 0. The molecule has 3 nitrogen and oxygen atoms in total. The first-order valence-corrected chi connectivity index (χ1v) is 6.17. The van der Waals surface area contributed by atoms with Crippen LogP contribution in [0.2, 0.25) is 0 Å². The normalized spacial score (nSPS) is 13.5. The Morgan fingerprint density at radius 3 is 2.19 bits per heavy atom. The smallest absolute Gasteiger partial charge is 0.333 e. The molecule has 1 rings (SSSR count). The molecular formula is C12H16O3S. The fourth-order valence-electron chi connectivity index (χ4n) is 1.49. The lowest BCUT2D eigenvalue weighted by atomic mass is 9.79. The van der Waals surface area contributed by atoms with Crippen LogP contribution in [0.1, 0.15) is 19.4 Å². The van der Waals surface area contributed by atoms with Crippen molar-refractivity contribution in [2.75, 3.05) is 6.26 Å². The summed E-state index contributed by atoms with van der Waals surface area (Å²) in [5, 5.41) is 18.5. The van der Waals surface area contributed by atoms with Crippen molar-refractivity contribution < 1.29 is 15.0 Å². The highest BCUT2D eigenvalue weighted by molar-refractivity contribution is 7.98. The minimum absolute atomic E-state index is 0.789. The molecule has 0 radical (unpaired) electrons. The van der Waals surface area contributed by atoms with Gasteiger partial charge in [0.05, 0.1) is 0 Å². The zero-order chi connectivity index (χ0) is 12.3. The Hall–Kier alpha value is -1.00. The molecule has 0 bridgehead atoms. The number of carbonyl (C=O) groups is 1. The molecule has 1 aromatic carbocycles. The summed E-state index contributed by atoms with van der Waals surface area (Å²) in [6.07, 6.45) is 0.583. The number of rotatable bonds is 4. The van der Waals surface area contributed by atoms with Gasteiger partial charge in [0.2, 0.25) is 0 Å². The van der Waals surface area contributed by atoms with Gasteiger partial charge in [-0.1, -0.05) is 26.0 Å². The third-order valence-corrected chi connectivity index (χ3v) is 3.50. The van der Waals surface area contributed by atoms with Gasteiger partial charge in [0.1, 0.15) is 0 Å². The summed E-state index contributed by atoms with van der Waals surface area (Å²) < 4.78 is 0. The van der Waals surface area contributed by atoms with Crippen molar-refractivity contribution in [1.82, 2.24) is 0 Å². The average molecular weight is 240 g/mol. The number of aliphatic carboxylic acids is 1. The van der Waals surface area contributed by atoms with Gasteiger partial charge in [-0.15, -0.1) is 11.8 Å². The molecule has 0 fully saturated rings. The van der Waals surface area contributed by atoms with Gasteiger partial charge in [0.25, 0.3) is 0 Å². The predicted molar refractivity (Wildman–Crippen MR) is 64.9 cm³/mol. The van der Waals surface area contributed by atoms with Gasteiger partial charge in [-0.05, 0) is 24.0 Å². The number of thioether (sulfide) groups is 1. The third-order valence-electron chi connectivity index (χ3n) is 2.75. The van der Waals surface area contributed by atoms with Gasteiger partial charge in [-0.25, -0.2) is 4.79 Å². The van der Waals surface area contributed by atoms with Crippen LogP contribution in [0.25, 0.3) is 0 Å². The number of hydrogen-bond donors (Lipinski definition) is 2. The largest absolute Gasteiger partial charge is 0.479 e. The molecule has 0 heterocycles. The Morgan fingerprint density at radius 1 is 1.31 bits per heavy atom. The molecule has 0 aliphatic rings. The van der Waals surface area contributed by atoms with E-state index in [0.717, 1.165) is 10.5 Å². The molecular weight excluding hydrogens is 224 g/mol. The Bertz CT molecular complexity index is 370. The van der Waals surface area contributed by atoms with E-state index in [1.54, 1.807) is 25.6 Å². The van der Waals surface area contributed by atoms with Crippen molar-refractivity contribution in [3.8, 4) is 0 Å². The maximum Gasteiger partial charge on any atom is 0.333 e. The van der Waals surface area contributed by atoms with Gasteiger partial charge >= 0.3 is 5.97 Å². The summed E-state index contributed by atoms with van der Waals surface area (Å²) in [6.45, 7) is 3.44. The van der Waals surface area contributed by atoms with E-state index in [1.165, 1.54) is 0 Å². The van der Waals surface area contributed by atoms with Crippen LogP contribution in [0, 0.1) is 0 Å². The molecule has 4 heteroatoms. The molecule has 0 spiro atoms. The van der Waals surface area contributed by atoms with Crippen molar-refractivity contribution in [1.29, 1.82) is 0 Å². The SMILES string of the molecule is CSc1ccc(C(C)(C)C(O)C(=O)O)cc1. The second-order valence-corrected chi connectivity index (χ2v) is 5.07. The maximum atomic E-state index is 10.8. The highest BCUT2D eigenvalue weighted by Gasteiger charge is 2.34. The van der Waals surface area contributed by atoms with E-state index in [9.17, 15) is 9.90 Å². The lowest BCUT2D eigenvalue weighted by Crippen LogP contribution is -2.39. The van der Waals surface area contributed by atoms with E-state index >= 15 is 0 Å². The highest BCUT2D eigenvalue weighted by atomic mass is 32.2. The maximum absolute atomic E-state index is 10.8. The highest BCUT2D eigenvalue weighted by Crippen LogP contribution is 2.28. The Balaban J connectivity index is 3.02. The average Bonchev–Trinajstić information content (AvgIpc) is 2.28. The standard InChI is InChI=1S/C12H16O3S/c1-12(2,10(13)11(14)15)8-4-6-9(16-3)7-5-8/h4-7,10,13H,1-3H3,(H,14,15). The molecule has 1 atom stereocenters. The molecule has 0 saturated carbocycles. The summed E-state index contributed by atoms with van der Waals surface area (Å²) in [4.78, 5) is 11.9. The van der Waals surface area contributed by atoms with Crippen LogP contribution in [0.5, 0.6) is 0 Å². The zero-order valence-electron chi connectivity index (χ0n) is 9.60. The number of aliphatic hydroxyl groups excluding tert-OH is 1. The van der Waals surface area contributed by atoms with E-state index in [2.05, 4.69) is 0 Å². The molecule has 1 unspecified atom stereocenters. The van der Waals surface area contributed by atoms with E-state index in [1.807, 2.05) is 30.5 Å². The fourth-order valence-corrected chi connectivity index (χ4v) is 1.90. The molecule has 16 heavy (non-hydrogen) atoms. The zero-order valence-corrected chi connectivity index (χ0v) is 10.4. The third kappa shape index (κ3) is 2.57. The van der Waals surface area contributed by atoms with Gasteiger partial charge in [-0.2, -0.15) is 0 Å². The topological polar surface area (TPSA) is 57.5 Å².